The number of esters is 1. The van der Waals surface area contributed by atoms with Crippen molar-refractivity contribution < 1.29 is 9.53 Å². The second kappa shape index (κ2) is 7.88. The molecule has 2 saturated carbocycles. The summed E-state index contributed by atoms with van der Waals surface area (Å²) in [6, 6.07) is 3.58. The maximum absolute atomic E-state index is 12.5. The topological polar surface area (TPSA) is 78.3 Å². The van der Waals surface area contributed by atoms with Crippen LogP contribution in [0.4, 0.5) is 0 Å². The van der Waals surface area contributed by atoms with E-state index in [0.29, 0.717) is 35.5 Å². The van der Waals surface area contributed by atoms with Gasteiger partial charge < -0.3 is 16.2 Å². The molecule has 0 saturated heterocycles. The van der Waals surface area contributed by atoms with Gasteiger partial charge in [0.05, 0.1) is 0 Å². The summed E-state index contributed by atoms with van der Waals surface area (Å²) in [5.74, 6) is 1.75. The monoisotopic (exact) mass is 426 g/mol. The minimum Gasteiger partial charge on any atom is -0.425 e. The van der Waals surface area contributed by atoms with Crippen molar-refractivity contribution in [3.63, 3.8) is 0 Å². The van der Waals surface area contributed by atoms with Crippen molar-refractivity contribution in [1.29, 1.82) is 0 Å². The van der Waals surface area contributed by atoms with Crippen molar-refractivity contribution in [3.05, 3.63) is 28.8 Å². The molecule has 2 unspecified atom stereocenters. The molecule has 3 aliphatic carbocycles. The number of benzene rings is 1. The van der Waals surface area contributed by atoms with Gasteiger partial charge in [0.25, 0.3) is 0 Å². The summed E-state index contributed by atoms with van der Waals surface area (Å²) in [7, 11) is 0. The molecule has 0 aromatic heterocycles. The lowest BCUT2D eigenvalue weighted by molar-refractivity contribution is -0.136. The molecule has 1 aromatic carbocycles. The number of ether oxygens (including phenoxy) is 1. The fourth-order valence-electron chi connectivity index (χ4n) is 8.14. The van der Waals surface area contributed by atoms with E-state index in [1.165, 1.54) is 48.8 Å². The Kier molecular flexibility index (Phi) is 5.79. The molecule has 0 amide bonds. The van der Waals surface area contributed by atoms with E-state index in [9.17, 15) is 4.79 Å². The molecular weight excluding hydrogens is 384 g/mol. The molecule has 0 spiro atoms. The van der Waals surface area contributed by atoms with E-state index in [2.05, 4.69) is 46.8 Å². The van der Waals surface area contributed by atoms with Crippen LogP contribution in [0.1, 0.15) is 89.3 Å². The lowest BCUT2D eigenvalue weighted by atomic mass is 9.43. The quantitative estimate of drug-likeness (QED) is 0.512. The molecule has 172 valence electrons. The summed E-state index contributed by atoms with van der Waals surface area (Å²) >= 11 is 0. The molecule has 0 bridgehead atoms. The van der Waals surface area contributed by atoms with Crippen LogP contribution in [0.5, 0.6) is 5.75 Å². The fourth-order valence-corrected chi connectivity index (χ4v) is 8.14. The van der Waals surface area contributed by atoms with Crippen molar-refractivity contribution in [1.82, 2.24) is 0 Å². The Bertz CT molecular complexity index is 863. The van der Waals surface area contributed by atoms with Gasteiger partial charge in [-0.15, -0.1) is 0 Å². The molecule has 0 heterocycles. The van der Waals surface area contributed by atoms with Crippen LogP contribution in [0.2, 0.25) is 0 Å². The Labute approximate surface area is 188 Å². The van der Waals surface area contributed by atoms with Gasteiger partial charge in [-0.3, -0.25) is 0 Å². The highest BCUT2D eigenvalue weighted by molar-refractivity contribution is 5.78. The zero-order valence-electron chi connectivity index (χ0n) is 20.2. The van der Waals surface area contributed by atoms with Gasteiger partial charge >= 0.3 is 5.97 Å². The van der Waals surface area contributed by atoms with E-state index in [1.807, 2.05) is 0 Å². The van der Waals surface area contributed by atoms with Crippen LogP contribution in [-0.2, 0) is 16.6 Å². The van der Waals surface area contributed by atoms with Crippen molar-refractivity contribution in [2.45, 2.75) is 97.4 Å². The molecule has 0 radical (unpaired) electrons. The lowest BCUT2D eigenvalue weighted by Crippen LogP contribution is -2.55. The van der Waals surface area contributed by atoms with Crippen LogP contribution in [0.15, 0.2) is 12.1 Å². The van der Waals surface area contributed by atoms with E-state index in [1.54, 1.807) is 0 Å². The lowest BCUT2D eigenvalue weighted by Gasteiger charge is -2.61. The van der Waals surface area contributed by atoms with Crippen LogP contribution in [0.25, 0.3) is 0 Å². The number of nitrogens with two attached hydrogens (primary N) is 2. The SMILES string of the molecule is Cc1cc(OC(=O)C(N)CCCN)cc2c1[C@]1(C)CCC3C(C)(C)CCC[C@]3(C)[C@H]1C2. The smallest absolute Gasteiger partial charge is 0.328 e. The van der Waals surface area contributed by atoms with Crippen molar-refractivity contribution >= 4 is 5.97 Å². The summed E-state index contributed by atoms with van der Waals surface area (Å²) in [5.41, 5.74) is 16.7. The molecule has 5 atom stereocenters. The Morgan fingerprint density at radius 1 is 1.16 bits per heavy atom. The van der Waals surface area contributed by atoms with Gasteiger partial charge in [-0.1, -0.05) is 34.1 Å². The number of carbonyl (C=O) groups excluding carboxylic acids is 1. The van der Waals surface area contributed by atoms with Gasteiger partial charge in [0.2, 0.25) is 0 Å². The summed E-state index contributed by atoms with van der Waals surface area (Å²) in [4.78, 5) is 12.5. The first-order valence-electron chi connectivity index (χ1n) is 12.3. The van der Waals surface area contributed by atoms with E-state index in [-0.39, 0.29) is 11.4 Å². The van der Waals surface area contributed by atoms with Gasteiger partial charge in [-0.05, 0) is 115 Å². The van der Waals surface area contributed by atoms with Gasteiger partial charge in [-0.25, -0.2) is 4.79 Å². The average Bonchev–Trinajstić information content (AvgIpc) is 2.99. The third-order valence-corrected chi connectivity index (χ3v) is 9.42. The summed E-state index contributed by atoms with van der Waals surface area (Å²) in [6.07, 6.45) is 9.01. The Morgan fingerprint density at radius 2 is 1.90 bits per heavy atom. The zero-order chi connectivity index (χ0) is 22.6. The van der Waals surface area contributed by atoms with Gasteiger partial charge in [-0.2, -0.15) is 0 Å². The third-order valence-electron chi connectivity index (χ3n) is 9.42. The summed E-state index contributed by atoms with van der Waals surface area (Å²) in [5, 5.41) is 0. The number of hydrogen-bond acceptors (Lipinski definition) is 4. The Hall–Kier alpha value is -1.39. The molecule has 31 heavy (non-hydrogen) atoms. The van der Waals surface area contributed by atoms with Crippen LogP contribution >= 0.6 is 0 Å². The molecule has 4 rings (SSSR count). The van der Waals surface area contributed by atoms with Crippen molar-refractivity contribution in [2.24, 2.45) is 34.1 Å². The van der Waals surface area contributed by atoms with Crippen LogP contribution in [-0.4, -0.2) is 18.6 Å². The summed E-state index contributed by atoms with van der Waals surface area (Å²) < 4.78 is 5.73. The van der Waals surface area contributed by atoms with Crippen LogP contribution in [0.3, 0.4) is 0 Å². The second-order valence-corrected chi connectivity index (χ2v) is 11.8. The molecular formula is C27H42N2O2. The van der Waals surface area contributed by atoms with E-state index in [4.69, 9.17) is 16.2 Å². The van der Waals surface area contributed by atoms with E-state index < -0.39 is 6.04 Å². The third kappa shape index (κ3) is 3.64. The standard InChI is InChI=1S/C27H42N2O2/c1-17-14-19(31-24(30)20(29)8-6-13-28)15-18-16-22-26(4)11-7-10-25(2,3)21(26)9-12-27(22,5)23(17)18/h14-15,20-22H,6-13,16,28-29H2,1-5H3/t20?,21?,22-,26+,27-/m1/s1. The minimum atomic E-state index is -0.610. The normalized spacial score (nSPS) is 34.4. The van der Waals surface area contributed by atoms with Crippen molar-refractivity contribution in [3.8, 4) is 5.75 Å². The zero-order valence-corrected chi connectivity index (χ0v) is 20.2. The molecule has 0 aliphatic heterocycles. The minimum absolute atomic E-state index is 0.220. The molecule has 3 aliphatic rings. The first-order chi connectivity index (χ1) is 14.5. The molecule has 2 fully saturated rings. The average molecular weight is 427 g/mol. The van der Waals surface area contributed by atoms with Crippen LogP contribution in [0, 0.1) is 29.6 Å². The second-order valence-electron chi connectivity index (χ2n) is 11.8. The number of aryl methyl sites for hydroxylation is 1. The highest BCUT2D eigenvalue weighted by Gasteiger charge is 2.61. The van der Waals surface area contributed by atoms with Crippen LogP contribution < -0.4 is 16.2 Å². The predicted molar refractivity (Wildman–Crippen MR) is 126 cm³/mol. The first-order valence-corrected chi connectivity index (χ1v) is 12.3. The predicted octanol–water partition coefficient (Wildman–Crippen LogP) is 5.02. The van der Waals surface area contributed by atoms with E-state index >= 15 is 0 Å². The first kappa shape index (κ1) is 22.8. The van der Waals surface area contributed by atoms with Gasteiger partial charge in [0.15, 0.2) is 0 Å². The molecule has 4 N–H and O–H groups in total. The Morgan fingerprint density at radius 3 is 2.61 bits per heavy atom. The van der Waals surface area contributed by atoms with E-state index in [0.717, 1.165) is 18.8 Å². The maximum atomic E-state index is 12.5. The maximum Gasteiger partial charge on any atom is 0.328 e. The number of hydrogen-bond donors (Lipinski definition) is 2. The number of fused-ring (bicyclic) bond motifs is 5. The number of rotatable bonds is 5. The largest absolute Gasteiger partial charge is 0.425 e. The van der Waals surface area contributed by atoms with Gasteiger partial charge in [0, 0.05) is 0 Å². The highest BCUT2D eigenvalue weighted by Crippen LogP contribution is 2.67. The molecule has 4 heteroatoms. The van der Waals surface area contributed by atoms with Gasteiger partial charge in [0.1, 0.15) is 11.8 Å². The Balaban J connectivity index is 1.63. The molecule has 4 nitrogen and oxygen atoms in total. The number of carbonyl (C=O) groups is 1. The molecule has 1 aromatic rings. The van der Waals surface area contributed by atoms with Crippen molar-refractivity contribution in [2.75, 3.05) is 6.54 Å². The summed E-state index contributed by atoms with van der Waals surface area (Å²) in [6.45, 7) is 12.8. The highest BCUT2D eigenvalue weighted by atomic mass is 16.5. The fraction of sp³-hybridized carbons (Fsp3) is 0.741.